The van der Waals surface area contributed by atoms with Gasteiger partial charge in [-0.1, -0.05) is 31.0 Å². The minimum atomic E-state index is 0.244. The van der Waals surface area contributed by atoms with E-state index in [1.807, 2.05) is 6.20 Å². The van der Waals surface area contributed by atoms with Crippen LogP contribution in [0.1, 0.15) is 46.5 Å². The minimum Gasteiger partial charge on any atom is -0.312 e. The summed E-state index contributed by atoms with van der Waals surface area (Å²) in [6.07, 6.45) is 7.00. The molecule has 0 aliphatic carbocycles. The lowest BCUT2D eigenvalue weighted by molar-refractivity contribution is 0.414. The summed E-state index contributed by atoms with van der Waals surface area (Å²) in [6.45, 7) is 8.80. The number of unbranched alkanes of at least 4 members (excludes halogenated alkanes) is 3. The Morgan fingerprint density at radius 1 is 1.05 bits per heavy atom. The maximum absolute atomic E-state index is 4.47. The summed E-state index contributed by atoms with van der Waals surface area (Å²) in [5.74, 6) is 0. The molecule has 0 saturated heterocycles. The molecule has 1 aromatic heterocycles. The average molecular weight is 273 g/mol. The van der Waals surface area contributed by atoms with Gasteiger partial charge in [0.25, 0.3) is 0 Å². The van der Waals surface area contributed by atoms with E-state index in [2.05, 4.69) is 60.1 Å². The van der Waals surface area contributed by atoms with Crippen LogP contribution >= 0.6 is 0 Å². The third kappa shape index (κ3) is 4.64. The molecule has 1 N–H and O–H groups in total. The maximum atomic E-state index is 4.47. The molecule has 3 heteroatoms. The molecule has 0 atom stereocenters. The Balaban J connectivity index is 1.64. The number of nitrogens with zero attached hydrogens (tertiary/aromatic N) is 2. The highest BCUT2D eigenvalue weighted by atomic mass is 15.3. The number of aromatic nitrogens is 2. The van der Waals surface area contributed by atoms with Crippen molar-refractivity contribution >= 4 is 10.9 Å². The Morgan fingerprint density at radius 3 is 2.60 bits per heavy atom. The summed E-state index contributed by atoms with van der Waals surface area (Å²) >= 11 is 0. The van der Waals surface area contributed by atoms with Crippen LogP contribution in [0, 0.1) is 0 Å². The highest BCUT2D eigenvalue weighted by Gasteiger charge is 2.07. The van der Waals surface area contributed by atoms with Gasteiger partial charge in [0, 0.05) is 17.5 Å². The summed E-state index contributed by atoms with van der Waals surface area (Å²) in [5.41, 5.74) is 1.50. The van der Waals surface area contributed by atoms with Gasteiger partial charge in [-0.05, 0) is 46.2 Å². The second-order valence-corrected chi connectivity index (χ2v) is 6.52. The van der Waals surface area contributed by atoms with Crippen LogP contribution in [-0.2, 0) is 6.54 Å². The molecular formula is C17H27N3. The van der Waals surface area contributed by atoms with E-state index in [1.165, 1.54) is 36.6 Å². The molecule has 0 unspecified atom stereocenters. The number of rotatable bonds is 7. The van der Waals surface area contributed by atoms with Crippen LogP contribution in [0.4, 0.5) is 0 Å². The van der Waals surface area contributed by atoms with Crippen molar-refractivity contribution in [3.05, 3.63) is 30.5 Å². The second kappa shape index (κ2) is 6.89. The van der Waals surface area contributed by atoms with Crippen LogP contribution in [0.5, 0.6) is 0 Å². The Kier molecular flexibility index (Phi) is 5.18. The predicted molar refractivity (Wildman–Crippen MR) is 86.0 cm³/mol. The van der Waals surface area contributed by atoms with Crippen LogP contribution in [0.2, 0.25) is 0 Å². The molecule has 2 aromatic rings. The van der Waals surface area contributed by atoms with Crippen molar-refractivity contribution in [1.82, 2.24) is 15.1 Å². The zero-order valence-electron chi connectivity index (χ0n) is 13.0. The topological polar surface area (TPSA) is 29.9 Å². The van der Waals surface area contributed by atoms with Crippen LogP contribution in [0.3, 0.4) is 0 Å². The number of para-hydroxylation sites is 1. The van der Waals surface area contributed by atoms with E-state index < -0.39 is 0 Å². The normalized spacial score (nSPS) is 12.2. The van der Waals surface area contributed by atoms with Gasteiger partial charge >= 0.3 is 0 Å². The third-order valence-electron chi connectivity index (χ3n) is 3.50. The lowest BCUT2D eigenvalue weighted by atomic mass is 10.1. The third-order valence-corrected chi connectivity index (χ3v) is 3.50. The molecule has 110 valence electrons. The molecule has 0 spiro atoms. The predicted octanol–water partition coefficient (Wildman–Crippen LogP) is 3.98. The van der Waals surface area contributed by atoms with Gasteiger partial charge < -0.3 is 5.32 Å². The molecule has 0 aliphatic heterocycles. The zero-order chi connectivity index (χ0) is 14.4. The monoisotopic (exact) mass is 273 g/mol. The second-order valence-electron chi connectivity index (χ2n) is 6.52. The van der Waals surface area contributed by atoms with Crippen molar-refractivity contribution in [3.8, 4) is 0 Å². The molecule has 0 fully saturated rings. The molecule has 1 heterocycles. The van der Waals surface area contributed by atoms with Gasteiger partial charge in [-0.15, -0.1) is 0 Å². The number of nitrogens with one attached hydrogen (secondary N) is 1. The minimum absolute atomic E-state index is 0.244. The fourth-order valence-electron chi connectivity index (χ4n) is 2.41. The maximum Gasteiger partial charge on any atom is 0.0682 e. The molecule has 1 aromatic carbocycles. The number of benzene rings is 1. The van der Waals surface area contributed by atoms with Crippen LogP contribution in [-0.4, -0.2) is 21.9 Å². The standard InChI is InChI=1S/C17H27N3/c1-17(2,3)18-12-8-4-5-9-13-20-16-11-7-6-10-15(16)14-19-20/h6-7,10-11,14,18H,4-5,8-9,12-13H2,1-3H3. The van der Waals surface area contributed by atoms with E-state index in [0.717, 1.165) is 13.1 Å². The summed E-state index contributed by atoms with van der Waals surface area (Å²) in [4.78, 5) is 0. The highest BCUT2D eigenvalue weighted by molar-refractivity contribution is 5.78. The van der Waals surface area contributed by atoms with Crippen LogP contribution in [0.15, 0.2) is 30.5 Å². The van der Waals surface area contributed by atoms with Crippen molar-refractivity contribution in [1.29, 1.82) is 0 Å². The fraction of sp³-hybridized carbons (Fsp3) is 0.588. The Hall–Kier alpha value is -1.35. The van der Waals surface area contributed by atoms with Crippen LogP contribution < -0.4 is 5.32 Å². The lowest BCUT2D eigenvalue weighted by Gasteiger charge is -2.20. The molecule has 3 nitrogen and oxygen atoms in total. The fourth-order valence-corrected chi connectivity index (χ4v) is 2.41. The van der Waals surface area contributed by atoms with Gasteiger partial charge in [0.15, 0.2) is 0 Å². The summed E-state index contributed by atoms with van der Waals surface area (Å²) in [5, 5.41) is 9.24. The molecular weight excluding hydrogens is 246 g/mol. The van der Waals surface area contributed by atoms with Gasteiger partial charge in [-0.25, -0.2) is 0 Å². The van der Waals surface area contributed by atoms with Gasteiger partial charge in [-0.2, -0.15) is 5.10 Å². The first kappa shape index (κ1) is 15.0. The van der Waals surface area contributed by atoms with E-state index in [0.29, 0.717) is 0 Å². The van der Waals surface area contributed by atoms with Crippen molar-refractivity contribution < 1.29 is 0 Å². The smallest absolute Gasteiger partial charge is 0.0682 e. The van der Waals surface area contributed by atoms with E-state index in [1.54, 1.807) is 0 Å². The first-order valence-corrected chi connectivity index (χ1v) is 7.72. The Morgan fingerprint density at radius 2 is 1.80 bits per heavy atom. The quantitative estimate of drug-likeness (QED) is 0.773. The molecule has 0 amide bonds. The highest BCUT2D eigenvalue weighted by Crippen LogP contribution is 2.13. The Bertz CT molecular complexity index is 522. The largest absolute Gasteiger partial charge is 0.312 e. The number of aryl methyl sites for hydroxylation is 1. The molecule has 20 heavy (non-hydrogen) atoms. The van der Waals surface area contributed by atoms with Crippen molar-refractivity contribution in [2.24, 2.45) is 0 Å². The molecule has 2 rings (SSSR count). The van der Waals surface area contributed by atoms with Gasteiger partial charge in [0.2, 0.25) is 0 Å². The molecule has 0 bridgehead atoms. The van der Waals surface area contributed by atoms with Crippen molar-refractivity contribution in [2.75, 3.05) is 6.54 Å². The van der Waals surface area contributed by atoms with Gasteiger partial charge in [0.05, 0.1) is 11.7 Å². The average Bonchev–Trinajstić information content (AvgIpc) is 2.80. The summed E-state index contributed by atoms with van der Waals surface area (Å²) < 4.78 is 2.13. The first-order valence-electron chi connectivity index (χ1n) is 7.72. The van der Waals surface area contributed by atoms with E-state index in [-0.39, 0.29) is 5.54 Å². The van der Waals surface area contributed by atoms with E-state index >= 15 is 0 Å². The van der Waals surface area contributed by atoms with Gasteiger partial charge in [-0.3, -0.25) is 4.68 Å². The first-order chi connectivity index (χ1) is 9.56. The van der Waals surface area contributed by atoms with E-state index in [9.17, 15) is 0 Å². The van der Waals surface area contributed by atoms with Crippen LogP contribution in [0.25, 0.3) is 10.9 Å². The summed E-state index contributed by atoms with van der Waals surface area (Å²) in [6, 6.07) is 8.42. The number of hydrogen-bond acceptors (Lipinski definition) is 2. The molecule has 0 aliphatic rings. The molecule has 0 saturated carbocycles. The summed E-state index contributed by atoms with van der Waals surface area (Å²) in [7, 11) is 0. The van der Waals surface area contributed by atoms with Crippen molar-refractivity contribution in [3.63, 3.8) is 0 Å². The van der Waals surface area contributed by atoms with E-state index in [4.69, 9.17) is 0 Å². The number of hydrogen-bond donors (Lipinski definition) is 1. The zero-order valence-corrected chi connectivity index (χ0v) is 13.0. The van der Waals surface area contributed by atoms with Gasteiger partial charge in [0.1, 0.15) is 0 Å². The SMILES string of the molecule is CC(C)(C)NCCCCCCn1ncc2ccccc21. The number of fused-ring (bicyclic) bond motifs is 1. The van der Waals surface area contributed by atoms with Crippen molar-refractivity contribution in [2.45, 2.75) is 58.5 Å². The Labute approximate surface area is 122 Å². The lowest BCUT2D eigenvalue weighted by Crippen LogP contribution is -2.36. The molecule has 0 radical (unpaired) electrons.